The summed E-state index contributed by atoms with van der Waals surface area (Å²) in [4.78, 5) is 22.9. The molecule has 0 aliphatic carbocycles. The molecule has 106 valence electrons. The summed E-state index contributed by atoms with van der Waals surface area (Å²) in [6, 6.07) is 4.89. The monoisotopic (exact) mass is 288 g/mol. The number of nitrogens with two attached hydrogens (primary N) is 1. The Bertz CT molecular complexity index is 451. The van der Waals surface area contributed by atoms with Crippen molar-refractivity contribution in [2.24, 2.45) is 5.73 Å². The molecule has 19 heavy (non-hydrogen) atoms. The van der Waals surface area contributed by atoms with Crippen LogP contribution in [-0.2, 0) is 4.79 Å². The van der Waals surface area contributed by atoms with Gasteiger partial charge in [-0.1, -0.05) is 0 Å². The number of ketones is 1. The Morgan fingerprint density at radius 2 is 1.95 bits per heavy atom. The minimum Gasteiger partial charge on any atom is -0.497 e. The van der Waals surface area contributed by atoms with Crippen molar-refractivity contribution < 1.29 is 19.1 Å². The van der Waals surface area contributed by atoms with Gasteiger partial charge in [0.1, 0.15) is 11.5 Å². The Kier molecular flexibility index (Phi) is 7.55. The molecule has 0 aliphatic rings. The first-order valence-corrected chi connectivity index (χ1v) is 5.34. The van der Waals surface area contributed by atoms with Gasteiger partial charge in [-0.25, -0.2) is 0 Å². The van der Waals surface area contributed by atoms with Crippen LogP contribution < -0.4 is 20.5 Å². The Hall–Kier alpha value is -1.79. The smallest absolute Gasteiger partial charge is 0.234 e. The summed E-state index contributed by atoms with van der Waals surface area (Å²) in [6.07, 6.45) is 0. The summed E-state index contributed by atoms with van der Waals surface area (Å²) in [5.74, 6) is 0.324. The number of Topliss-reactive ketones (excluding diaryl/α,β-unsaturated/α-hetero) is 1. The first-order valence-electron chi connectivity index (χ1n) is 5.34. The van der Waals surface area contributed by atoms with Crippen molar-refractivity contribution in [3.8, 4) is 11.5 Å². The summed E-state index contributed by atoms with van der Waals surface area (Å²) in [5, 5.41) is 2.41. The number of nitrogens with one attached hydrogen (secondary N) is 1. The van der Waals surface area contributed by atoms with Crippen molar-refractivity contribution in [2.75, 3.05) is 27.3 Å². The van der Waals surface area contributed by atoms with Crippen LogP contribution in [0.3, 0.4) is 0 Å². The lowest BCUT2D eigenvalue weighted by Crippen LogP contribution is -2.34. The molecule has 0 unspecified atom stereocenters. The standard InChI is InChI=1S/C12H16N2O4.ClH/c1-17-8-3-4-11(18-2)9(5-8)10(15)7-14-12(16)6-13;/h3-5H,6-7,13H2,1-2H3,(H,14,16);1H. The van der Waals surface area contributed by atoms with Crippen molar-refractivity contribution in [3.05, 3.63) is 23.8 Å². The van der Waals surface area contributed by atoms with Crippen LogP contribution in [0.25, 0.3) is 0 Å². The van der Waals surface area contributed by atoms with Crippen LogP contribution in [0.4, 0.5) is 0 Å². The third-order valence-corrected chi connectivity index (χ3v) is 2.34. The van der Waals surface area contributed by atoms with Crippen LogP contribution in [0.1, 0.15) is 10.4 Å². The molecular weight excluding hydrogens is 272 g/mol. The van der Waals surface area contributed by atoms with Gasteiger partial charge in [0, 0.05) is 0 Å². The first kappa shape index (κ1) is 17.2. The van der Waals surface area contributed by atoms with Gasteiger partial charge in [0.25, 0.3) is 0 Å². The average molecular weight is 289 g/mol. The predicted octanol–water partition coefficient (Wildman–Crippen LogP) is 0.383. The molecular formula is C12H17ClN2O4. The lowest BCUT2D eigenvalue weighted by molar-refractivity contribution is -0.119. The molecule has 0 fully saturated rings. The van der Waals surface area contributed by atoms with E-state index in [9.17, 15) is 9.59 Å². The van der Waals surface area contributed by atoms with Crippen LogP contribution in [0.5, 0.6) is 11.5 Å². The molecule has 1 amide bonds. The number of halogens is 1. The summed E-state index contributed by atoms with van der Waals surface area (Å²) in [7, 11) is 2.98. The normalized spacial score (nSPS) is 9.21. The van der Waals surface area contributed by atoms with Gasteiger partial charge in [0.2, 0.25) is 5.91 Å². The van der Waals surface area contributed by atoms with E-state index >= 15 is 0 Å². The van der Waals surface area contributed by atoms with Crippen LogP contribution >= 0.6 is 12.4 Å². The highest BCUT2D eigenvalue weighted by Crippen LogP contribution is 2.24. The van der Waals surface area contributed by atoms with Gasteiger partial charge in [0.05, 0.1) is 32.9 Å². The number of ether oxygens (including phenoxy) is 2. The quantitative estimate of drug-likeness (QED) is 0.739. The number of hydrogen-bond donors (Lipinski definition) is 2. The zero-order valence-corrected chi connectivity index (χ0v) is 11.6. The second-order valence-corrected chi connectivity index (χ2v) is 3.47. The van der Waals surface area contributed by atoms with Crippen LogP contribution in [0.2, 0.25) is 0 Å². The minimum atomic E-state index is -0.384. The summed E-state index contributed by atoms with van der Waals surface area (Å²) >= 11 is 0. The Labute approximate surface area is 117 Å². The highest BCUT2D eigenvalue weighted by molar-refractivity contribution is 6.02. The van der Waals surface area contributed by atoms with Gasteiger partial charge in [-0.3, -0.25) is 9.59 Å². The van der Waals surface area contributed by atoms with Gasteiger partial charge in [-0.15, -0.1) is 12.4 Å². The first-order chi connectivity index (χ1) is 8.62. The zero-order chi connectivity index (χ0) is 13.5. The molecule has 7 heteroatoms. The van der Waals surface area contributed by atoms with Gasteiger partial charge in [-0.2, -0.15) is 0 Å². The van der Waals surface area contributed by atoms with Crippen LogP contribution in [0, 0.1) is 0 Å². The highest BCUT2D eigenvalue weighted by Gasteiger charge is 2.14. The molecule has 0 bridgehead atoms. The molecule has 1 aromatic carbocycles. The van der Waals surface area contributed by atoms with E-state index in [4.69, 9.17) is 15.2 Å². The largest absolute Gasteiger partial charge is 0.497 e. The van der Waals surface area contributed by atoms with Crippen molar-refractivity contribution in [1.82, 2.24) is 5.32 Å². The van der Waals surface area contributed by atoms with Gasteiger partial charge in [0.15, 0.2) is 5.78 Å². The number of hydrogen-bond acceptors (Lipinski definition) is 5. The fourth-order valence-electron chi connectivity index (χ4n) is 1.38. The van der Waals surface area contributed by atoms with Crippen LogP contribution in [0.15, 0.2) is 18.2 Å². The number of carbonyl (C=O) groups excluding carboxylic acids is 2. The SMILES string of the molecule is COc1ccc(OC)c(C(=O)CNC(=O)CN)c1.Cl. The second-order valence-electron chi connectivity index (χ2n) is 3.47. The summed E-state index contributed by atoms with van der Waals surface area (Å²) < 4.78 is 10.1. The van der Waals surface area contributed by atoms with E-state index in [1.165, 1.54) is 14.2 Å². The van der Waals surface area contributed by atoms with E-state index in [0.717, 1.165) is 0 Å². The molecule has 1 rings (SSSR count). The number of amides is 1. The van der Waals surface area contributed by atoms with E-state index in [-0.39, 0.29) is 37.2 Å². The van der Waals surface area contributed by atoms with E-state index in [0.29, 0.717) is 17.1 Å². The average Bonchev–Trinajstić information content (AvgIpc) is 2.43. The fraction of sp³-hybridized carbons (Fsp3) is 0.333. The van der Waals surface area contributed by atoms with Crippen molar-refractivity contribution in [1.29, 1.82) is 0 Å². The number of methoxy groups -OCH3 is 2. The predicted molar refractivity (Wildman–Crippen MR) is 73.2 cm³/mol. The molecule has 0 heterocycles. The maximum atomic E-state index is 11.9. The minimum absolute atomic E-state index is 0. The maximum Gasteiger partial charge on any atom is 0.234 e. The van der Waals surface area contributed by atoms with Gasteiger partial charge in [-0.05, 0) is 18.2 Å². The Morgan fingerprint density at radius 1 is 1.26 bits per heavy atom. The van der Waals surface area contributed by atoms with E-state index in [1.54, 1.807) is 18.2 Å². The third-order valence-electron chi connectivity index (χ3n) is 2.34. The molecule has 3 N–H and O–H groups in total. The fourth-order valence-corrected chi connectivity index (χ4v) is 1.38. The molecule has 0 aromatic heterocycles. The van der Waals surface area contributed by atoms with Crippen molar-refractivity contribution in [3.63, 3.8) is 0 Å². The molecule has 0 aliphatic heterocycles. The molecule has 0 radical (unpaired) electrons. The highest BCUT2D eigenvalue weighted by atomic mass is 35.5. The molecule has 0 atom stereocenters. The van der Waals surface area contributed by atoms with Crippen molar-refractivity contribution >= 4 is 24.1 Å². The Morgan fingerprint density at radius 3 is 2.47 bits per heavy atom. The van der Waals surface area contributed by atoms with Crippen molar-refractivity contribution in [2.45, 2.75) is 0 Å². The van der Waals surface area contributed by atoms with Gasteiger partial charge < -0.3 is 20.5 Å². The molecule has 0 saturated heterocycles. The van der Waals surface area contributed by atoms with E-state index in [2.05, 4.69) is 5.32 Å². The molecule has 0 saturated carbocycles. The lowest BCUT2D eigenvalue weighted by atomic mass is 10.1. The third kappa shape index (κ3) is 4.76. The molecule has 0 spiro atoms. The van der Waals surface area contributed by atoms with Gasteiger partial charge >= 0.3 is 0 Å². The van der Waals surface area contributed by atoms with E-state index in [1.807, 2.05) is 0 Å². The summed E-state index contributed by atoms with van der Waals surface area (Å²) in [6.45, 7) is -0.276. The maximum absolute atomic E-state index is 11.9. The Balaban J connectivity index is 0.00000324. The topological polar surface area (TPSA) is 90.6 Å². The molecule has 1 aromatic rings. The number of benzene rings is 1. The van der Waals surface area contributed by atoms with Crippen LogP contribution in [-0.4, -0.2) is 39.0 Å². The lowest BCUT2D eigenvalue weighted by Gasteiger charge is -2.10. The molecule has 6 nitrogen and oxygen atoms in total. The zero-order valence-electron chi connectivity index (χ0n) is 10.8. The second kappa shape index (κ2) is 8.34. The van der Waals surface area contributed by atoms with E-state index < -0.39 is 0 Å². The summed E-state index contributed by atoms with van der Waals surface area (Å²) in [5.41, 5.74) is 5.49. The number of rotatable bonds is 6. The number of carbonyl (C=O) groups is 2.